The highest BCUT2D eigenvalue weighted by Gasteiger charge is 2.17. The summed E-state index contributed by atoms with van der Waals surface area (Å²) in [6.45, 7) is 0. The standard InChI is InChI=1S/C17H16N2O3S/c1-4-13-6-5-7-15(12-13)18-17(20)14-8-10-16(11-9-14)23(21,22)19(2)3/h1,5-12H,2-3H3,(H,18,20). The van der Waals surface area contributed by atoms with Crippen LogP contribution in [0.1, 0.15) is 15.9 Å². The molecule has 0 aliphatic carbocycles. The van der Waals surface area contributed by atoms with Gasteiger partial charge < -0.3 is 5.32 Å². The van der Waals surface area contributed by atoms with Gasteiger partial charge in [-0.15, -0.1) is 6.42 Å². The van der Waals surface area contributed by atoms with Crippen LogP contribution < -0.4 is 5.32 Å². The van der Waals surface area contributed by atoms with E-state index in [4.69, 9.17) is 6.42 Å². The Hall–Kier alpha value is -2.62. The number of hydrogen-bond acceptors (Lipinski definition) is 3. The van der Waals surface area contributed by atoms with Crippen LogP contribution in [0.3, 0.4) is 0 Å². The normalized spacial score (nSPS) is 11.0. The Morgan fingerprint density at radius 3 is 2.35 bits per heavy atom. The highest BCUT2D eigenvalue weighted by Crippen LogP contribution is 2.16. The number of terminal acetylenes is 1. The maximum Gasteiger partial charge on any atom is 0.255 e. The third-order valence-corrected chi connectivity index (χ3v) is 5.01. The van der Waals surface area contributed by atoms with E-state index in [0.29, 0.717) is 16.8 Å². The lowest BCUT2D eigenvalue weighted by Crippen LogP contribution is -2.22. The van der Waals surface area contributed by atoms with Crippen LogP contribution in [-0.2, 0) is 10.0 Å². The number of amides is 1. The second-order valence-corrected chi connectivity index (χ2v) is 7.14. The maximum atomic E-state index is 12.2. The molecule has 0 radical (unpaired) electrons. The second-order valence-electron chi connectivity index (χ2n) is 4.99. The molecule has 0 spiro atoms. The Labute approximate surface area is 136 Å². The molecule has 0 atom stereocenters. The van der Waals surface area contributed by atoms with Gasteiger partial charge in [0.25, 0.3) is 5.91 Å². The minimum Gasteiger partial charge on any atom is -0.322 e. The summed E-state index contributed by atoms with van der Waals surface area (Å²) in [5, 5.41) is 2.72. The molecule has 0 saturated carbocycles. The molecule has 23 heavy (non-hydrogen) atoms. The van der Waals surface area contributed by atoms with E-state index in [2.05, 4.69) is 11.2 Å². The fourth-order valence-corrected chi connectivity index (χ4v) is 2.78. The zero-order valence-corrected chi connectivity index (χ0v) is 13.6. The summed E-state index contributed by atoms with van der Waals surface area (Å²) in [7, 11) is -0.602. The average molecular weight is 328 g/mol. The van der Waals surface area contributed by atoms with E-state index < -0.39 is 10.0 Å². The molecule has 0 unspecified atom stereocenters. The van der Waals surface area contributed by atoms with Crippen molar-refractivity contribution in [3.63, 3.8) is 0 Å². The van der Waals surface area contributed by atoms with Gasteiger partial charge in [-0.25, -0.2) is 12.7 Å². The monoisotopic (exact) mass is 328 g/mol. The number of carbonyl (C=O) groups is 1. The Morgan fingerprint density at radius 2 is 1.78 bits per heavy atom. The lowest BCUT2D eigenvalue weighted by molar-refractivity contribution is 0.102. The summed E-state index contributed by atoms with van der Waals surface area (Å²) in [5.74, 6) is 2.15. The first kappa shape index (κ1) is 16.7. The van der Waals surface area contributed by atoms with E-state index in [1.165, 1.54) is 38.4 Å². The average Bonchev–Trinajstić information content (AvgIpc) is 2.55. The summed E-state index contributed by atoms with van der Waals surface area (Å²) in [6, 6.07) is 12.7. The number of rotatable bonds is 4. The Bertz CT molecular complexity index is 863. The first-order valence-electron chi connectivity index (χ1n) is 6.75. The predicted molar refractivity (Wildman–Crippen MR) is 89.6 cm³/mol. The molecular formula is C17H16N2O3S. The predicted octanol–water partition coefficient (Wildman–Crippen LogP) is 2.17. The van der Waals surface area contributed by atoms with Crippen LogP contribution in [-0.4, -0.2) is 32.7 Å². The Balaban J connectivity index is 2.19. The molecule has 6 heteroatoms. The number of benzene rings is 2. The van der Waals surface area contributed by atoms with Gasteiger partial charge in [-0.2, -0.15) is 0 Å². The molecule has 0 fully saturated rings. The van der Waals surface area contributed by atoms with E-state index in [9.17, 15) is 13.2 Å². The molecule has 0 bridgehead atoms. The lowest BCUT2D eigenvalue weighted by atomic mass is 10.2. The second kappa shape index (κ2) is 6.65. The summed E-state index contributed by atoms with van der Waals surface area (Å²) in [6.07, 6.45) is 5.32. The van der Waals surface area contributed by atoms with Crippen LogP contribution in [0.15, 0.2) is 53.4 Å². The van der Waals surface area contributed by atoms with Crippen molar-refractivity contribution in [2.24, 2.45) is 0 Å². The van der Waals surface area contributed by atoms with Gasteiger partial charge in [0.15, 0.2) is 0 Å². The summed E-state index contributed by atoms with van der Waals surface area (Å²) < 4.78 is 25.1. The molecule has 0 saturated heterocycles. The largest absolute Gasteiger partial charge is 0.322 e. The fourth-order valence-electron chi connectivity index (χ4n) is 1.88. The quantitative estimate of drug-likeness (QED) is 0.875. The van der Waals surface area contributed by atoms with Gasteiger partial charge in [-0.3, -0.25) is 4.79 Å². The van der Waals surface area contributed by atoms with Crippen LogP contribution in [0, 0.1) is 12.3 Å². The molecule has 1 N–H and O–H groups in total. The van der Waals surface area contributed by atoms with Crippen LogP contribution in [0.25, 0.3) is 0 Å². The highest BCUT2D eigenvalue weighted by molar-refractivity contribution is 7.89. The van der Waals surface area contributed by atoms with Crippen LogP contribution in [0.4, 0.5) is 5.69 Å². The fraction of sp³-hybridized carbons (Fsp3) is 0.118. The van der Waals surface area contributed by atoms with Gasteiger partial charge in [0.2, 0.25) is 10.0 Å². The Morgan fingerprint density at radius 1 is 1.13 bits per heavy atom. The van der Waals surface area contributed by atoms with Crippen molar-refractivity contribution in [3.8, 4) is 12.3 Å². The van der Waals surface area contributed by atoms with E-state index >= 15 is 0 Å². The third kappa shape index (κ3) is 3.77. The molecule has 5 nitrogen and oxygen atoms in total. The highest BCUT2D eigenvalue weighted by atomic mass is 32.2. The molecule has 0 aliphatic rings. The topological polar surface area (TPSA) is 66.5 Å². The minimum absolute atomic E-state index is 0.133. The lowest BCUT2D eigenvalue weighted by Gasteiger charge is -2.11. The number of carbonyl (C=O) groups excluding carboxylic acids is 1. The summed E-state index contributed by atoms with van der Waals surface area (Å²) in [5.41, 5.74) is 1.60. The van der Waals surface area contributed by atoms with Gasteiger partial charge in [0, 0.05) is 30.9 Å². The van der Waals surface area contributed by atoms with E-state index in [-0.39, 0.29) is 10.8 Å². The number of nitrogens with one attached hydrogen (secondary N) is 1. The molecule has 118 valence electrons. The first-order valence-corrected chi connectivity index (χ1v) is 8.19. The van der Waals surface area contributed by atoms with E-state index in [1.54, 1.807) is 24.3 Å². The smallest absolute Gasteiger partial charge is 0.255 e. The van der Waals surface area contributed by atoms with Crippen molar-refractivity contribution in [1.29, 1.82) is 0 Å². The molecule has 2 aromatic rings. The Kier molecular flexibility index (Phi) is 4.84. The number of nitrogens with zero attached hydrogens (tertiary/aromatic N) is 1. The third-order valence-electron chi connectivity index (χ3n) is 3.18. The molecule has 0 heterocycles. The van der Waals surface area contributed by atoms with Crippen molar-refractivity contribution in [1.82, 2.24) is 4.31 Å². The maximum absolute atomic E-state index is 12.2. The van der Waals surface area contributed by atoms with Crippen molar-refractivity contribution < 1.29 is 13.2 Å². The number of sulfonamides is 1. The van der Waals surface area contributed by atoms with E-state index in [0.717, 1.165) is 4.31 Å². The van der Waals surface area contributed by atoms with Crippen LogP contribution in [0.5, 0.6) is 0 Å². The van der Waals surface area contributed by atoms with Gasteiger partial charge in [0.05, 0.1) is 4.90 Å². The molecule has 0 aliphatic heterocycles. The van der Waals surface area contributed by atoms with Gasteiger partial charge >= 0.3 is 0 Å². The SMILES string of the molecule is C#Cc1cccc(NC(=O)c2ccc(S(=O)(=O)N(C)C)cc2)c1. The van der Waals surface area contributed by atoms with Crippen molar-refractivity contribution in [2.45, 2.75) is 4.90 Å². The zero-order valence-electron chi connectivity index (χ0n) is 12.8. The van der Waals surface area contributed by atoms with Crippen LogP contribution in [0.2, 0.25) is 0 Å². The minimum atomic E-state index is -3.51. The van der Waals surface area contributed by atoms with Gasteiger partial charge in [0.1, 0.15) is 0 Å². The van der Waals surface area contributed by atoms with Crippen molar-refractivity contribution in [2.75, 3.05) is 19.4 Å². The van der Waals surface area contributed by atoms with Crippen LogP contribution >= 0.6 is 0 Å². The molecule has 1 amide bonds. The first-order chi connectivity index (χ1) is 10.8. The van der Waals surface area contributed by atoms with Gasteiger partial charge in [-0.05, 0) is 42.5 Å². The molecule has 2 aromatic carbocycles. The summed E-state index contributed by atoms with van der Waals surface area (Å²) >= 11 is 0. The molecular weight excluding hydrogens is 312 g/mol. The van der Waals surface area contributed by atoms with Crippen molar-refractivity contribution >= 4 is 21.6 Å². The molecule has 0 aromatic heterocycles. The van der Waals surface area contributed by atoms with Gasteiger partial charge in [-0.1, -0.05) is 12.0 Å². The number of anilines is 1. The summed E-state index contributed by atoms with van der Waals surface area (Å²) in [4.78, 5) is 12.3. The molecule has 2 rings (SSSR count). The van der Waals surface area contributed by atoms with E-state index in [1.807, 2.05) is 0 Å². The van der Waals surface area contributed by atoms with Crippen molar-refractivity contribution in [3.05, 3.63) is 59.7 Å². The number of hydrogen-bond donors (Lipinski definition) is 1. The zero-order chi connectivity index (χ0) is 17.0.